The topological polar surface area (TPSA) is 220 Å². The van der Waals surface area contributed by atoms with Gasteiger partial charge in [0.2, 0.25) is 0 Å². The Morgan fingerprint density at radius 1 is 0.614 bits per heavy atom. The molecule has 0 radical (unpaired) electrons. The molecule has 3 aromatic carbocycles. The van der Waals surface area contributed by atoms with Crippen LogP contribution in [-0.4, -0.2) is 72.3 Å². The molecule has 12 nitrogen and oxygen atoms in total. The van der Waals surface area contributed by atoms with Gasteiger partial charge in [-0.1, -0.05) is 35.9 Å². The monoisotopic (exact) mass is 640 g/mol. The van der Waals surface area contributed by atoms with Crippen LogP contribution >= 0.6 is 0 Å². The van der Waals surface area contributed by atoms with Crippen LogP contribution in [0.4, 0.5) is 0 Å². The first-order valence-corrected chi connectivity index (χ1v) is 15.0. The second-order valence-electron chi connectivity index (χ2n) is 12.0. The molecule has 0 aliphatic rings. The van der Waals surface area contributed by atoms with Crippen molar-refractivity contribution in [3.63, 3.8) is 0 Å². The highest BCUT2D eigenvalue weighted by Crippen LogP contribution is 2.26. The number of aliphatic hydroxyl groups is 2. The van der Waals surface area contributed by atoms with E-state index in [-0.39, 0.29) is 34.1 Å². The molecule has 0 fully saturated rings. The van der Waals surface area contributed by atoms with E-state index in [4.69, 9.17) is 17.5 Å². The van der Waals surface area contributed by atoms with Gasteiger partial charge in [0, 0.05) is 36.3 Å². The van der Waals surface area contributed by atoms with E-state index in [1.807, 2.05) is 59.7 Å². The lowest BCUT2D eigenvalue weighted by molar-refractivity contribution is 0.162. The van der Waals surface area contributed by atoms with Gasteiger partial charge in [0.15, 0.2) is 0 Å². The van der Waals surface area contributed by atoms with E-state index < -0.39 is 22.6 Å². The predicted molar refractivity (Wildman–Crippen MR) is 170 cm³/mol. The van der Waals surface area contributed by atoms with Gasteiger partial charge in [-0.2, -0.15) is 8.42 Å². The normalized spacial score (nSPS) is 12.7. The lowest BCUT2D eigenvalue weighted by Gasteiger charge is -2.23. The van der Waals surface area contributed by atoms with Gasteiger partial charge in [0.1, 0.15) is 23.0 Å². The van der Waals surface area contributed by atoms with Crippen molar-refractivity contribution >= 4 is 10.4 Å². The molecule has 0 aliphatic carbocycles. The Bertz CT molecular complexity index is 1240. The Hall–Kier alpha value is -3.43. The molecule has 0 spiro atoms. The molecule has 13 heteroatoms. The van der Waals surface area contributed by atoms with Crippen molar-refractivity contribution in [1.82, 2.24) is 10.6 Å². The number of rotatable bonds is 6. The Kier molecular flexibility index (Phi) is 17.0. The van der Waals surface area contributed by atoms with Crippen molar-refractivity contribution < 1.29 is 48.2 Å². The van der Waals surface area contributed by atoms with Crippen molar-refractivity contribution in [3.05, 3.63) is 83.4 Å². The molecule has 0 amide bonds. The van der Waals surface area contributed by atoms with E-state index in [0.717, 1.165) is 0 Å². The Morgan fingerprint density at radius 3 is 1.09 bits per heavy atom. The van der Waals surface area contributed by atoms with Crippen LogP contribution in [-0.2, 0) is 10.4 Å². The van der Waals surface area contributed by atoms with Crippen LogP contribution in [0.2, 0.25) is 0 Å². The van der Waals surface area contributed by atoms with Gasteiger partial charge in [-0.25, -0.2) is 0 Å². The van der Waals surface area contributed by atoms with E-state index in [9.17, 15) is 30.6 Å². The van der Waals surface area contributed by atoms with Gasteiger partial charge in [-0.15, -0.1) is 0 Å². The van der Waals surface area contributed by atoms with Crippen LogP contribution in [0.3, 0.4) is 0 Å². The van der Waals surface area contributed by atoms with Gasteiger partial charge in [-0.05, 0) is 83.9 Å². The second kappa shape index (κ2) is 18.4. The lowest BCUT2D eigenvalue weighted by Crippen LogP contribution is -2.38. The van der Waals surface area contributed by atoms with E-state index in [1.165, 1.54) is 42.0 Å². The van der Waals surface area contributed by atoms with Crippen LogP contribution in [0.5, 0.6) is 23.0 Å². The summed E-state index contributed by atoms with van der Waals surface area (Å²) in [6.07, 6.45) is -1.51. The molecule has 0 aliphatic heterocycles. The minimum Gasteiger partial charge on any atom is -0.508 e. The first kappa shape index (κ1) is 40.6. The largest absolute Gasteiger partial charge is 0.508 e. The third-order valence-electron chi connectivity index (χ3n) is 5.21. The molecule has 0 aromatic heterocycles. The summed E-state index contributed by atoms with van der Waals surface area (Å²) in [4.78, 5) is 0. The molecule has 0 saturated heterocycles. The fourth-order valence-electron chi connectivity index (χ4n) is 3.20. The van der Waals surface area contributed by atoms with Gasteiger partial charge in [-0.3, -0.25) is 9.11 Å². The van der Waals surface area contributed by atoms with E-state index in [0.29, 0.717) is 24.2 Å². The molecule has 3 rings (SSSR count). The zero-order valence-corrected chi connectivity index (χ0v) is 27.0. The van der Waals surface area contributed by atoms with Crippen molar-refractivity contribution in [3.8, 4) is 23.0 Å². The van der Waals surface area contributed by atoms with Crippen LogP contribution < -0.4 is 10.6 Å². The Morgan fingerprint density at radius 2 is 0.886 bits per heavy atom. The number of nitrogens with one attached hydrogen (secondary N) is 2. The maximum Gasteiger partial charge on any atom is 0.394 e. The molecule has 10 N–H and O–H groups in total. The van der Waals surface area contributed by atoms with Gasteiger partial charge >= 0.3 is 10.4 Å². The first-order chi connectivity index (χ1) is 19.9. The summed E-state index contributed by atoms with van der Waals surface area (Å²) >= 11 is 0. The van der Waals surface area contributed by atoms with Crippen molar-refractivity contribution in [2.45, 2.75) is 71.8 Å². The van der Waals surface area contributed by atoms with Gasteiger partial charge in [0.25, 0.3) is 0 Å². The highest BCUT2D eigenvalue weighted by atomic mass is 32.3. The molecule has 3 aromatic rings. The van der Waals surface area contributed by atoms with Crippen molar-refractivity contribution in [2.75, 3.05) is 13.1 Å². The lowest BCUT2D eigenvalue weighted by atomic mass is 10.1. The average molecular weight is 641 g/mol. The number of hydrogen-bond donors (Lipinski definition) is 10. The van der Waals surface area contributed by atoms with Crippen molar-refractivity contribution in [1.29, 1.82) is 0 Å². The summed E-state index contributed by atoms with van der Waals surface area (Å²) in [7, 11) is -4.67. The zero-order chi connectivity index (χ0) is 34.3. The number of benzene rings is 3. The summed E-state index contributed by atoms with van der Waals surface area (Å²) in [5.41, 5.74) is 2.14. The number of phenols is 4. The number of aryl methyl sites for hydroxylation is 1. The number of hydrogen-bond acceptors (Lipinski definition) is 10. The highest BCUT2D eigenvalue weighted by Gasteiger charge is 2.15. The van der Waals surface area contributed by atoms with Crippen LogP contribution in [0, 0.1) is 6.92 Å². The van der Waals surface area contributed by atoms with Gasteiger partial charge < -0.3 is 41.3 Å². The highest BCUT2D eigenvalue weighted by molar-refractivity contribution is 7.79. The number of aliphatic hydroxyl groups excluding tert-OH is 2. The summed E-state index contributed by atoms with van der Waals surface area (Å²) in [5.74, 6) is -0.204. The minimum atomic E-state index is -4.67. The average Bonchev–Trinajstić information content (AvgIpc) is 2.84. The maximum absolute atomic E-state index is 9.85. The smallest absolute Gasteiger partial charge is 0.394 e. The molecular weight excluding hydrogens is 592 g/mol. The SMILES string of the molecule is CC(C)(C)NCC(O)c1cc(O)cc(O)c1.CC(C)(C)NCC(O)c1cc(O)cc(O)c1.Cc1ccccc1.O=S(=O)(O)O. The third-order valence-corrected chi connectivity index (χ3v) is 5.21. The number of β-amino-alcohol motifs (C(OH)–C–C–N with tert-alkyl or cyclic N) is 2. The molecule has 0 bridgehead atoms. The Balaban J connectivity index is 0.000000617. The second-order valence-corrected chi connectivity index (χ2v) is 12.9. The van der Waals surface area contributed by atoms with E-state index in [1.54, 1.807) is 0 Å². The molecule has 2 atom stereocenters. The fraction of sp³-hybridized carbons (Fsp3) is 0.419. The zero-order valence-electron chi connectivity index (χ0n) is 26.2. The molecule has 0 saturated carbocycles. The number of aromatic hydroxyl groups is 4. The van der Waals surface area contributed by atoms with Crippen LogP contribution in [0.15, 0.2) is 66.7 Å². The quantitative estimate of drug-likeness (QED) is 0.170. The molecule has 0 heterocycles. The third kappa shape index (κ3) is 23.1. The van der Waals surface area contributed by atoms with Crippen molar-refractivity contribution in [2.24, 2.45) is 0 Å². The molecule has 2 unspecified atom stereocenters. The van der Waals surface area contributed by atoms with E-state index in [2.05, 4.69) is 29.7 Å². The predicted octanol–water partition coefficient (Wildman–Crippen LogP) is 4.38. The summed E-state index contributed by atoms with van der Waals surface area (Å²) < 4.78 is 31.6. The molecular formula is C31H48N2O10S. The summed E-state index contributed by atoms with van der Waals surface area (Å²) in [6, 6.07) is 18.5. The molecule has 44 heavy (non-hydrogen) atoms. The Labute approximate surface area is 260 Å². The van der Waals surface area contributed by atoms with E-state index >= 15 is 0 Å². The standard InChI is InChI=1S/2C12H19NO3.C7H8.H2O4S/c2*1-12(2,3)13-7-11(16)8-4-9(14)6-10(15)5-8;1-7-5-3-2-4-6-7;1-5(2,3)4/h2*4-6,11,13-16H,7H2,1-3H3;2-6H,1H3;(H2,1,2,3,4). The molecule has 248 valence electrons. The van der Waals surface area contributed by atoms with Crippen LogP contribution in [0.25, 0.3) is 0 Å². The minimum absolute atomic E-state index is 0.0511. The fourth-order valence-corrected chi connectivity index (χ4v) is 3.20. The summed E-state index contributed by atoms with van der Waals surface area (Å²) in [5, 5.41) is 63.1. The number of phenolic OH excluding ortho intramolecular Hbond substituents is 4. The first-order valence-electron chi connectivity index (χ1n) is 13.6. The van der Waals surface area contributed by atoms with Crippen LogP contribution in [0.1, 0.15) is 70.4 Å². The van der Waals surface area contributed by atoms with Gasteiger partial charge in [0.05, 0.1) is 12.2 Å². The maximum atomic E-state index is 9.85. The summed E-state index contributed by atoms with van der Waals surface area (Å²) in [6.45, 7) is 14.8.